The van der Waals surface area contributed by atoms with Gasteiger partial charge in [0.2, 0.25) is 5.91 Å². The quantitative estimate of drug-likeness (QED) is 0.904. The van der Waals surface area contributed by atoms with Crippen LogP contribution in [0.5, 0.6) is 0 Å². The molecule has 0 aliphatic carbocycles. The third-order valence-electron chi connectivity index (χ3n) is 4.61. The lowest BCUT2D eigenvalue weighted by Crippen LogP contribution is -2.59. The lowest BCUT2D eigenvalue weighted by molar-refractivity contribution is -0.131. The zero-order chi connectivity index (χ0) is 17.0. The van der Waals surface area contributed by atoms with Gasteiger partial charge in [-0.25, -0.2) is 4.68 Å². The Morgan fingerprint density at radius 3 is 2.83 bits per heavy atom. The van der Waals surface area contributed by atoms with Crippen molar-refractivity contribution in [2.24, 2.45) is 0 Å². The number of carbonyl (C=O) groups is 1. The average molecular weight is 344 g/mol. The molecule has 0 bridgehead atoms. The normalized spacial score (nSPS) is 21.0. The van der Waals surface area contributed by atoms with Crippen molar-refractivity contribution in [1.29, 1.82) is 0 Å². The third-order valence-corrected chi connectivity index (χ3v) is 5.87. The molecule has 5 nitrogen and oxygen atoms in total. The van der Waals surface area contributed by atoms with Gasteiger partial charge in [0.1, 0.15) is 5.54 Å². The molecule has 0 spiro atoms. The summed E-state index contributed by atoms with van der Waals surface area (Å²) in [6.07, 6.45) is 5.78. The van der Waals surface area contributed by atoms with E-state index in [0.29, 0.717) is 6.54 Å². The van der Waals surface area contributed by atoms with E-state index < -0.39 is 5.54 Å². The monoisotopic (exact) mass is 344 g/mol. The van der Waals surface area contributed by atoms with Crippen molar-refractivity contribution in [3.05, 3.63) is 48.3 Å². The van der Waals surface area contributed by atoms with Crippen LogP contribution in [0, 0.1) is 0 Å². The van der Waals surface area contributed by atoms with Gasteiger partial charge in [-0.1, -0.05) is 18.2 Å². The lowest BCUT2D eigenvalue weighted by atomic mass is 9.92. The zero-order valence-corrected chi connectivity index (χ0v) is 15.1. The van der Waals surface area contributed by atoms with Crippen LogP contribution in [-0.2, 0) is 11.3 Å². The number of rotatable bonds is 5. The summed E-state index contributed by atoms with van der Waals surface area (Å²) >= 11 is 1.86. The standard InChI is InChI=1S/C18H24N4OS/c1-21(2)18(9-6-10-24-14-18)17(23)19-11-15-12-20-22(13-15)16-7-4-3-5-8-16/h3-5,7-8,12-13H,6,9-11,14H2,1-2H3,(H,19,23)/t18-/m0/s1. The van der Waals surface area contributed by atoms with Crippen LogP contribution >= 0.6 is 11.8 Å². The Bertz CT molecular complexity index is 677. The molecule has 1 atom stereocenters. The number of aromatic nitrogens is 2. The highest BCUT2D eigenvalue weighted by Gasteiger charge is 2.41. The smallest absolute Gasteiger partial charge is 0.241 e. The number of thioether (sulfide) groups is 1. The van der Waals surface area contributed by atoms with Crippen LogP contribution in [0.1, 0.15) is 18.4 Å². The van der Waals surface area contributed by atoms with Crippen molar-refractivity contribution in [2.75, 3.05) is 25.6 Å². The van der Waals surface area contributed by atoms with Crippen LogP contribution in [0.3, 0.4) is 0 Å². The minimum atomic E-state index is -0.391. The molecule has 6 heteroatoms. The molecule has 1 amide bonds. The third kappa shape index (κ3) is 3.49. The molecule has 0 radical (unpaired) electrons. The maximum atomic E-state index is 12.8. The highest BCUT2D eigenvalue weighted by Crippen LogP contribution is 2.31. The Labute approximate surface area is 147 Å². The van der Waals surface area contributed by atoms with Crippen LogP contribution in [-0.4, -0.2) is 51.7 Å². The minimum Gasteiger partial charge on any atom is -0.350 e. The number of likely N-dealkylation sites (N-methyl/N-ethyl adjacent to an activating group) is 1. The highest BCUT2D eigenvalue weighted by atomic mass is 32.2. The first kappa shape index (κ1) is 17.0. The Balaban J connectivity index is 1.65. The largest absolute Gasteiger partial charge is 0.350 e. The molecule has 1 N–H and O–H groups in total. The molecule has 1 aromatic heterocycles. The number of amides is 1. The number of hydrogen-bond acceptors (Lipinski definition) is 4. The maximum Gasteiger partial charge on any atom is 0.241 e. The summed E-state index contributed by atoms with van der Waals surface area (Å²) in [5.41, 5.74) is 1.63. The van der Waals surface area contributed by atoms with Crippen LogP contribution in [0.15, 0.2) is 42.7 Å². The number of benzene rings is 1. The van der Waals surface area contributed by atoms with Crippen molar-refractivity contribution in [1.82, 2.24) is 20.0 Å². The fraction of sp³-hybridized carbons (Fsp3) is 0.444. The van der Waals surface area contributed by atoms with Gasteiger partial charge in [0.05, 0.1) is 11.9 Å². The second-order valence-corrected chi connectivity index (χ2v) is 7.50. The van der Waals surface area contributed by atoms with Crippen molar-refractivity contribution in [3.63, 3.8) is 0 Å². The summed E-state index contributed by atoms with van der Waals surface area (Å²) in [5.74, 6) is 2.12. The molecule has 1 aliphatic heterocycles. The van der Waals surface area contributed by atoms with Gasteiger partial charge < -0.3 is 5.32 Å². The van der Waals surface area contributed by atoms with E-state index >= 15 is 0 Å². The molecule has 2 heterocycles. The van der Waals surface area contributed by atoms with Gasteiger partial charge in [-0.15, -0.1) is 0 Å². The van der Waals surface area contributed by atoms with Crippen molar-refractivity contribution >= 4 is 17.7 Å². The van der Waals surface area contributed by atoms with E-state index in [1.54, 1.807) is 0 Å². The van der Waals surface area contributed by atoms with Gasteiger partial charge in [-0.2, -0.15) is 16.9 Å². The highest BCUT2D eigenvalue weighted by molar-refractivity contribution is 7.99. The van der Waals surface area contributed by atoms with E-state index in [4.69, 9.17) is 0 Å². The molecule has 0 saturated carbocycles. The van der Waals surface area contributed by atoms with Gasteiger partial charge in [-0.05, 0) is 44.8 Å². The van der Waals surface area contributed by atoms with E-state index in [-0.39, 0.29) is 5.91 Å². The number of nitrogens with zero attached hydrogens (tertiary/aromatic N) is 3. The Morgan fingerprint density at radius 1 is 1.38 bits per heavy atom. The van der Waals surface area contributed by atoms with Crippen LogP contribution < -0.4 is 5.32 Å². The van der Waals surface area contributed by atoms with E-state index in [0.717, 1.165) is 35.6 Å². The minimum absolute atomic E-state index is 0.118. The first-order valence-electron chi connectivity index (χ1n) is 8.24. The van der Waals surface area contributed by atoms with E-state index in [2.05, 4.69) is 15.3 Å². The predicted octanol–water partition coefficient (Wildman–Crippen LogP) is 2.32. The second-order valence-electron chi connectivity index (χ2n) is 6.39. The number of carbonyl (C=O) groups excluding carboxylic acids is 1. The lowest BCUT2D eigenvalue weighted by Gasteiger charge is -2.40. The van der Waals surface area contributed by atoms with Gasteiger partial charge in [0, 0.05) is 24.1 Å². The molecular formula is C18H24N4OS. The maximum absolute atomic E-state index is 12.8. The fourth-order valence-electron chi connectivity index (χ4n) is 3.03. The molecule has 1 fully saturated rings. The van der Waals surface area contributed by atoms with Gasteiger partial charge >= 0.3 is 0 Å². The molecule has 0 unspecified atom stereocenters. The Morgan fingerprint density at radius 2 is 2.17 bits per heavy atom. The number of para-hydroxylation sites is 1. The SMILES string of the molecule is CN(C)[C@@]1(C(=O)NCc2cnn(-c3ccccc3)c2)CCCSC1. The predicted molar refractivity (Wildman–Crippen MR) is 98.4 cm³/mol. The molecule has 128 valence electrons. The van der Waals surface area contributed by atoms with Crippen molar-refractivity contribution in [2.45, 2.75) is 24.9 Å². The Kier molecular flexibility index (Phi) is 5.26. The van der Waals surface area contributed by atoms with Crippen LogP contribution in [0.2, 0.25) is 0 Å². The molecule has 1 aromatic carbocycles. The average Bonchev–Trinajstić information content (AvgIpc) is 3.10. The summed E-state index contributed by atoms with van der Waals surface area (Å²) in [7, 11) is 4.00. The van der Waals surface area contributed by atoms with Crippen molar-refractivity contribution < 1.29 is 4.79 Å². The molecule has 1 aliphatic rings. The molecular weight excluding hydrogens is 320 g/mol. The molecule has 3 rings (SSSR count). The van der Waals surface area contributed by atoms with Crippen LogP contribution in [0.25, 0.3) is 5.69 Å². The molecule has 1 saturated heterocycles. The first-order chi connectivity index (χ1) is 11.6. The van der Waals surface area contributed by atoms with Gasteiger partial charge in [0.15, 0.2) is 0 Å². The second kappa shape index (κ2) is 7.40. The molecule has 2 aromatic rings. The van der Waals surface area contributed by atoms with Crippen molar-refractivity contribution in [3.8, 4) is 5.69 Å². The fourth-order valence-corrected chi connectivity index (χ4v) is 4.40. The summed E-state index contributed by atoms with van der Waals surface area (Å²) in [6.45, 7) is 0.506. The number of hydrogen-bond donors (Lipinski definition) is 1. The number of nitrogens with one attached hydrogen (secondary N) is 1. The first-order valence-corrected chi connectivity index (χ1v) is 9.40. The summed E-state index contributed by atoms with van der Waals surface area (Å²) < 4.78 is 1.83. The van der Waals surface area contributed by atoms with E-state index in [9.17, 15) is 4.79 Å². The topological polar surface area (TPSA) is 50.2 Å². The summed E-state index contributed by atoms with van der Waals surface area (Å²) in [5, 5.41) is 7.49. The van der Waals surface area contributed by atoms with E-state index in [1.807, 2.05) is 73.3 Å². The van der Waals surface area contributed by atoms with Gasteiger partial charge in [0.25, 0.3) is 0 Å². The zero-order valence-electron chi connectivity index (χ0n) is 14.2. The summed E-state index contributed by atoms with van der Waals surface area (Å²) in [6, 6.07) is 9.97. The summed E-state index contributed by atoms with van der Waals surface area (Å²) in [4.78, 5) is 14.9. The molecule has 24 heavy (non-hydrogen) atoms. The van der Waals surface area contributed by atoms with Gasteiger partial charge in [-0.3, -0.25) is 9.69 Å². The Hall–Kier alpha value is -1.79. The van der Waals surface area contributed by atoms with E-state index in [1.165, 1.54) is 0 Å². The van der Waals surface area contributed by atoms with Crippen LogP contribution in [0.4, 0.5) is 0 Å².